The summed E-state index contributed by atoms with van der Waals surface area (Å²) in [4.78, 5) is 15.6. The van der Waals surface area contributed by atoms with E-state index in [1.165, 1.54) is 0 Å². The van der Waals surface area contributed by atoms with Gasteiger partial charge in [-0.3, -0.25) is 4.90 Å². The minimum absolute atomic E-state index is 0.240. The van der Waals surface area contributed by atoms with E-state index in [4.69, 9.17) is 5.11 Å². The van der Waals surface area contributed by atoms with Crippen molar-refractivity contribution in [3.63, 3.8) is 0 Å². The number of carboxylic acid groups (broad SMARTS) is 1. The van der Waals surface area contributed by atoms with Gasteiger partial charge >= 0.3 is 5.97 Å². The smallest absolute Gasteiger partial charge is 0.335 e. The molecule has 1 fully saturated rings. The van der Waals surface area contributed by atoms with Crippen LogP contribution in [0.5, 0.6) is 0 Å². The summed E-state index contributed by atoms with van der Waals surface area (Å²) in [5, 5.41) is 17.3. The van der Waals surface area contributed by atoms with Gasteiger partial charge in [0.2, 0.25) is 0 Å². The number of hydrogen-bond donors (Lipinski definition) is 1. The van der Waals surface area contributed by atoms with E-state index in [9.17, 15) is 4.79 Å². The molecule has 7 heteroatoms. The number of hydrogen-bond acceptors (Lipinski definition) is 5. The number of rotatable bonds is 3. The van der Waals surface area contributed by atoms with Crippen LogP contribution in [0.3, 0.4) is 0 Å². The van der Waals surface area contributed by atoms with Gasteiger partial charge in [-0.1, -0.05) is 5.21 Å². The number of fused-ring (bicyclic) bond motifs is 1. The number of carbonyl (C=O) groups is 1. The number of nitrogens with zero attached hydrogens (tertiary/aromatic N) is 5. The van der Waals surface area contributed by atoms with E-state index >= 15 is 0 Å². The average Bonchev–Trinajstić information content (AvgIpc) is 2.85. The van der Waals surface area contributed by atoms with Gasteiger partial charge in [-0.15, -0.1) is 5.10 Å². The number of likely N-dealkylation sites (N-methyl/N-ethyl adjacent to an activating group) is 2. The number of piperazine rings is 1. The molecular formula is C14H19N5O2. The van der Waals surface area contributed by atoms with Crippen molar-refractivity contribution in [2.24, 2.45) is 0 Å². The Kier molecular flexibility index (Phi) is 3.60. The molecule has 1 saturated heterocycles. The van der Waals surface area contributed by atoms with Gasteiger partial charge in [0.05, 0.1) is 17.6 Å². The Labute approximate surface area is 122 Å². The molecule has 1 N–H and O–H groups in total. The summed E-state index contributed by atoms with van der Waals surface area (Å²) in [6.45, 7) is 3.86. The minimum atomic E-state index is -0.944. The Morgan fingerprint density at radius 2 is 2.19 bits per heavy atom. The van der Waals surface area contributed by atoms with Gasteiger partial charge in [0.1, 0.15) is 5.52 Å². The van der Waals surface area contributed by atoms with E-state index in [1.54, 1.807) is 18.2 Å². The van der Waals surface area contributed by atoms with Crippen LogP contribution < -0.4 is 0 Å². The molecule has 0 radical (unpaired) electrons. The third-order valence-electron chi connectivity index (χ3n) is 4.12. The van der Waals surface area contributed by atoms with Crippen molar-refractivity contribution < 1.29 is 9.90 Å². The fourth-order valence-electron chi connectivity index (χ4n) is 2.74. The van der Waals surface area contributed by atoms with Crippen LogP contribution >= 0.6 is 0 Å². The van der Waals surface area contributed by atoms with Gasteiger partial charge in [-0.05, 0) is 32.3 Å². The Bertz CT molecular complexity index is 668. The van der Waals surface area contributed by atoms with E-state index in [0.29, 0.717) is 11.6 Å². The van der Waals surface area contributed by atoms with Crippen molar-refractivity contribution in [2.45, 2.75) is 12.6 Å². The summed E-state index contributed by atoms with van der Waals surface area (Å²) in [5.74, 6) is -0.944. The zero-order chi connectivity index (χ0) is 15.0. The monoisotopic (exact) mass is 289 g/mol. The summed E-state index contributed by atoms with van der Waals surface area (Å²) < 4.78 is 1.86. The predicted octanol–water partition coefficient (Wildman–Crippen LogP) is 0.375. The number of aromatic nitrogens is 3. The predicted molar refractivity (Wildman–Crippen MR) is 78.4 cm³/mol. The molecule has 21 heavy (non-hydrogen) atoms. The molecule has 1 unspecified atom stereocenters. The quantitative estimate of drug-likeness (QED) is 0.880. The summed E-state index contributed by atoms with van der Waals surface area (Å²) in [7, 11) is 4.25. The first-order chi connectivity index (χ1) is 10.0. The molecule has 112 valence electrons. The Morgan fingerprint density at radius 1 is 1.38 bits per heavy atom. The highest BCUT2D eigenvalue weighted by molar-refractivity contribution is 5.92. The topological polar surface area (TPSA) is 74.5 Å². The zero-order valence-electron chi connectivity index (χ0n) is 12.2. The lowest BCUT2D eigenvalue weighted by Crippen LogP contribution is -2.51. The second-order valence-electron chi connectivity index (χ2n) is 5.68. The largest absolute Gasteiger partial charge is 0.478 e. The van der Waals surface area contributed by atoms with Crippen molar-refractivity contribution in [3.8, 4) is 0 Å². The SMILES string of the molecule is CN1CCN(C)C(Cn2nnc3cc(C(=O)O)ccc32)C1. The fourth-order valence-corrected chi connectivity index (χ4v) is 2.74. The standard InChI is InChI=1S/C14H19N5O2/c1-17-5-6-18(2)11(8-17)9-19-13-4-3-10(14(20)21)7-12(13)15-16-19/h3-4,7,11H,5-6,8-9H2,1-2H3,(H,20,21). The lowest BCUT2D eigenvalue weighted by molar-refractivity contribution is 0.0697. The van der Waals surface area contributed by atoms with Gasteiger partial charge in [0, 0.05) is 25.7 Å². The van der Waals surface area contributed by atoms with Crippen LogP contribution in [0.1, 0.15) is 10.4 Å². The Morgan fingerprint density at radius 3 is 2.95 bits per heavy atom. The van der Waals surface area contributed by atoms with Crippen LogP contribution in [0.15, 0.2) is 18.2 Å². The molecule has 1 aromatic carbocycles. The van der Waals surface area contributed by atoms with Crippen LogP contribution in [-0.2, 0) is 6.54 Å². The molecule has 3 rings (SSSR count). The van der Waals surface area contributed by atoms with Crippen molar-refractivity contribution in [3.05, 3.63) is 23.8 Å². The molecule has 1 aromatic heterocycles. The maximum atomic E-state index is 11.0. The highest BCUT2D eigenvalue weighted by Gasteiger charge is 2.23. The summed E-state index contributed by atoms with van der Waals surface area (Å²) in [6.07, 6.45) is 0. The normalized spacial score (nSPS) is 21.0. The number of carboxylic acids is 1. The van der Waals surface area contributed by atoms with E-state index in [-0.39, 0.29) is 5.56 Å². The van der Waals surface area contributed by atoms with Gasteiger partial charge < -0.3 is 10.0 Å². The van der Waals surface area contributed by atoms with Crippen molar-refractivity contribution in [1.82, 2.24) is 24.8 Å². The molecule has 0 aliphatic carbocycles. The lowest BCUT2D eigenvalue weighted by atomic mass is 10.1. The van der Waals surface area contributed by atoms with Gasteiger partial charge in [0.15, 0.2) is 0 Å². The molecule has 0 bridgehead atoms. The number of benzene rings is 1. The van der Waals surface area contributed by atoms with Gasteiger partial charge in [0.25, 0.3) is 0 Å². The van der Waals surface area contributed by atoms with Crippen LogP contribution in [0.2, 0.25) is 0 Å². The highest BCUT2D eigenvalue weighted by Crippen LogP contribution is 2.16. The van der Waals surface area contributed by atoms with Crippen molar-refractivity contribution in [1.29, 1.82) is 0 Å². The van der Waals surface area contributed by atoms with E-state index in [0.717, 1.165) is 31.7 Å². The van der Waals surface area contributed by atoms with Crippen LogP contribution in [-0.4, -0.2) is 75.6 Å². The fraction of sp³-hybridized carbons (Fsp3) is 0.500. The second kappa shape index (κ2) is 5.42. The second-order valence-corrected chi connectivity index (χ2v) is 5.68. The first-order valence-electron chi connectivity index (χ1n) is 7.00. The van der Waals surface area contributed by atoms with E-state index in [1.807, 2.05) is 4.68 Å². The lowest BCUT2D eigenvalue weighted by Gasteiger charge is -2.37. The third kappa shape index (κ3) is 2.74. The minimum Gasteiger partial charge on any atom is -0.478 e. The van der Waals surface area contributed by atoms with Crippen LogP contribution in [0, 0.1) is 0 Å². The van der Waals surface area contributed by atoms with Crippen molar-refractivity contribution >= 4 is 17.0 Å². The van der Waals surface area contributed by atoms with Crippen LogP contribution in [0.4, 0.5) is 0 Å². The molecule has 2 aromatic rings. The van der Waals surface area contributed by atoms with E-state index in [2.05, 4.69) is 34.2 Å². The molecule has 2 heterocycles. The van der Waals surface area contributed by atoms with Crippen LogP contribution in [0.25, 0.3) is 11.0 Å². The molecule has 1 aliphatic rings. The number of aromatic carboxylic acids is 1. The molecular weight excluding hydrogens is 270 g/mol. The molecule has 1 atom stereocenters. The van der Waals surface area contributed by atoms with Gasteiger partial charge in [-0.2, -0.15) is 0 Å². The first kappa shape index (κ1) is 14.0. The average molecular weight is 289 g/mol. The molecule has 1 aliphatic heterocycles. The van der Waals surface area contributed by atoms with E-state index < -0.39 is 5.97 Å². The molecule has 7 nitrogen and oxygen atoms in total. The Hall–Kier alpha value is -1.99. The molecule has 0 amide bonds. The third-order valence-corrected chi connectivity index (χ3v) is 4.12. The Balaban J connectivity index is 1.85. The van der Waals surface area contributed by atoms with Crippen molar-refractivity contribution in [2.75, 3.05) is 33.7 Å². The summed E-state index contributed by atoms with van der Waals surface area (Å²) in [5.41, 5.74) is 1.74. The maximum absolute atomic E-state index is 11.0. The zero-order valence-corrected chi connectivity index (χ0v) is 12.2. The molecule has 0 spiro atoms. The maximum Gasteiger partial charge on any atom is 0.335 e. The summed E-state index contributed by atoms with van der Waals surface area (Å²) >= 11 is 0. The van der Waals surface area contributed by atoms with Gasteiger partial charge in [-0.25, -0.2) is 9.48 Å². The summed E-state index contributed by atoms with van der Waals surface area (Å²) in [6, 6.07) is 5.33. The highest BCUT2D eigenvalue weighted by atomic mass is 16.4. The first-order valence-corrected chi connectivity index (χ1v) is 7.00. The molecule has 0 saturated carbocycles.